The normalized spacial score (nSPS) is 10.2. The summed E-state index contributed by atoms with van der Waals surface area (Å²) in [5.41, 5.74) is 1.15. The molecule has 0 saturated carbocycles. The van der Waals surface area contributed by atoms with Gasteiger partial charge in [-0.2, -0.15) is 5.26 Å². The van der Waals surface area contributed by atoms with Gasteiger partial charge in [-0.05, 0) is 37.1 Å². The predicted octanol–water partition coefficient (Wildman–Crippen LogP) is 1.79. The van der Waals surface area contributed by atoms with Crippen LogP contribution in [0.1, 0.15) is 32.6 Å². The Hall–Kier alpha value is -3.07. The lowest BCUT2D eigenvalue weighted by Gasteiger charge is -2.14. The molecule has 1 aromatic carbocycles. The summed E-state index contributed by atoms with van der Waals surface area (Å²) in [4.78, 5) is 23.1. The average Bonchev–Trinajstić information content (AvgIpc) is 2.50. The van der Waals surface area contributed by atoms with Crippen molar-refractivity contribution in [3.05, 3.63) is 62.4 Å². The van der Waals surface area contributed by atoms with Crippen LogP contribution in [0, 0.1) is 25.2 Å². The molecule has 0 aliphatic heterocycles. The monoisotopic (exact) mass is 298 g/mol. The first-order valence-electron chi connectivity index (χ1n) is 6.52. The molecule has 6 heteroatoms. The first-order chi connectivity index (χ1) is 10.4. The smallest absolute Gasteiger partial charge is 0.335 e. The molecule has 0 radical (unpaired) electrons. The Morgan fingerprint density at radius 3 is 2.32 bits per heavy atom. The standard InChI is InChI=1S/C16H14N2O4/c1-9-10(2)14(19)18(15(20)13(9)7-17)8-11-3-5-12(6-4-11)16(21)22/h3-6,19H,8H2,1-2H3,(H,21,22). The van der Waals surface area contributed by atoms with Crippen LogP contribution in [0.4, 0.5) is 0 Å². The maximum Gasteiger partial charge on any atom is 0.335 e. The van der Waals surface area contributed by atoms with Crippen molar-refractivity contribution >= 4 is 5.97 Å². The van der Waals surface area contributed by atoms with E-state index in [2.05, 4.69) is 0 Å². The summed E-state index contributed by atoms with van der Waals surface area (Å²) in [6.45, 7) is 3.30. The lowest BCUT2D eigenvalue weighted by Crippen LogP contribution is -2.25. The number of hydrogen-bond donors (Lipinski definition) is 2. The lowest BCUT2D eigenvalue weighted by molar-refractivity contribution is 0.0697. The highest BCUT2D eigenvalue weighted by molar-refractivity contribution is 5.87. The minimum atomic E-state index is -1.04. The molecule has 112 valence electrons. The zero-order valence-electron chi connectivity index (χ0n) is 12.1. The highest BCUT2D eigenvalue weighted by Gasteiger charge is 2.16. The Morgan fingerprint density at radius 2 is 1.82 bits per heavy atom. The van der Waals surface area contributed by atoms with Crippen LogP contribution in [0.3, 0.4) is 0 Å². The molecule has 0 atom stereocenters. The van der Waals surface area contributed by atoms with E-state index in [1.165, 1.54) is 12.1 Å². The molecule has 0 aliphatic carbocycles. The van der Waals surface area contributed by atoms with E-state index < -0.39 is 11.5 Å². The van der Waals surface area contributed by atoms with Gasteiger partial charge in [0.2, 0.25) is 0 Å². The minimum absolute atomic E-state index is 0.00236. The number of aromatic nitrogens is 1. The van der Waals surface area contributed by atoms with Gasteiger partial charge in [-0.1, -0.05) is 12.1 Å². The number of nitrogens with zero attached hydrogens (tertiary/aromatic N) is 2. The van der Waals surface area contributed by atoms with E-state index in [4.69, 9.17) is 10.4 Å². The Morgan fingerprint density at radius 1 is 1.23 bits per heavy atom. The molecule has 2 N–H and O–H groups in total. The van der Waals surface area contributed by atoms with Crippen LogP contribution >= 0.6 is 0 Å². The fourth-order valence-corrected chi connectivity index (χ4v) is 2.16. The van der Waals surface area contributed by atoms with Gasteiger partial charge in [0, 0.05) is 5.56 Å². The first kappa shape index (κ1) is 15.3. The number of carbonyl (C=O) groups is 1. The Kier molecular flexibility index (Phi) is 4.00. The molecule has 0 unspecified atom stereocenters. The van der Waals surface area contributed by atoms with E-state index in [1.807, 2.05) is 6.07 Å². The highest BCUT2D eigenvalue weighted by Crippen LogP contribution is 2.21. The molecule has 22 heavy (non-hydrogen) atoms. The number of carboxylic acid groups (broad SMARTS) is 1. The fourth-order valence-electron chi connectivity index (χ4n) is 2.16. The molecule has 6 nitrogen and oxygen atoms in total. The van der Waals surface area contributed by atoms with Crippen molar-refractivity contribution in [3.8, 4) is 11.9 Å². The van der Waals surface area contributed by atoms with Crippen molar-refractivity contribution in [1.29, 1.82) is 5.26 Å². The third-order valence-corrected chi connectivity index (χ3v) is 3.64. The van der Waals surface area contributed by atoms with Gasteiger partial charge in [-0.25, -0.2) is 4.79 Å². The summed E-state index contributed by atoms with van der Waals surface area (Å²) >= 11 is 0. The molecular weight excluding hydrogens is 284 g/mol. The van der Waals surface area contributed by atoms with E-state index >= 15 is 0 Å². The van der Waals surface area contributed by atoms with Crippen LogP contribution in [0.2, 0.25) is 0 Å². The second-order valence-electron chi connectivity index (χ2n) is 4.95. The zero-order chi connectivity index (χ0) is 16.4. The number of hydrogen-bond acceptors (Lipinski definition) is 4. The van der Waals surface area contributed by atoms with Crippen LogP contribution in [0.25, 0.3) is 0 Å². The Balaban J connectivity index is 2.50. The summed E-state index contributed by atoms with van der Waals surface area (Å²) in [7, 11) is 0. The summed E-state index contributed by atoms with van der Waals surface area (Å²) in [5.74, 6) is -1.23. The minimum Gasteiger partial charge on any atom is -0.494 e. The SMILES string of the molecule is Cc1c(C)c(O)n(Cc2ccc(C(=O)O)cc2)c(=O)c1C#N. The quantitative estimate of drug-likeness (QED) is 0.899. The van der Waals surface area contributed by atoms with Crippen LogP contribution < -0.4 is 5.56 Å². The summed E-state index contributed by atoms with van der Waals surface area (Å²) < 4.78 is 1.11. The van der Waals surface area contributed by atoms with Gasteiger partial charge in [-0.15, -0.1) is 0 Å². The number of rotatable bonds is 3. The molecule has 0 bridgehead atoms. The number of aromatic hydroxyl groups is 1. The molecule has 2 rings (SSSR count). The van der Waals surface area contributed by atoms with Crippen molar-refractivity contribution in [1.82, 2.24) is 4.57 Å². The van der Waals surface area contributed by atoms with E-state index in [9.17, 15) is 14.7 Å². The van der Waals surface area contributed by atoms with Crippen molar-refractivity contribution in [3.63, 3.8) is 0 Å². The van der Waals surface area contributed by atoms with Crippen molar-refractivity contribution < 1.29 is 15.0 Å². The van der Waals surface area contributed by atoms with Gasteiger partial charge < -0.3 is 10.2 Å². The maximum atomic E-state index is 12.3. The molecule has 0 spiro atoms. The summed E-state index contributed by atoms with van der Waals surface area (Å²) in [6.07, 6.45) is 0. The second kappa shape index (κ2) is 5.74. The van der Waals surface area contributed by atoms with Crippen molar-refractivity contribution in [2.75, 3.05) is 0 Å². The Bertz CT molecular complexity index is 842. The van der Waals surface area contributed by atoms with E-state index in [-0.39, 0.29) is 23.6 Å². The summed E-state index contributed by atoms with van der Waals surface area (Å²) in [5, 5.41) is 28.1. The maximum absolute atomic E-state index is 12.3. The van der Waals surface area contributed by atoms with Gasteiger partial charge in [0.05, 0.1) is 12.1 Å². The zero-order valence-corrected chi connectivity index (χ0v) is 12.1. The molecule has 1 heterocycles. The van der Waals surface area contributed by atoms with Gasteiger partial charge >= 0.3 is 5.97 Å². The van der Waals surface area contributed by atoms with E-state index in [0.717, 1.165) is 4.57 Å². The van der Waals surface area contributed by atoms with Crippen molar-refractivity contribution in [2.24, 2.45) is 0 Å². The number of benzene rings is 1. The largest absolute Gasteiger partial charge is 0.494 e. The molecule has 1 aromatic heterocycles. The van der Waals surface area contributed by atoms with Gasteiger partial charge in [0.25, 0.3) is 5.56 Å². The van der Waals surface area contributed by atoms with E-state index in [1.54, 1.807) is 26.0 Å². The number of carboxylic acids is 1. The second-order valence-corrected chi connectivity index (χ2v) is 4.95. The molecular formula is C16H14N2O4. The van der Waals surface area contributed by atoms with E-state index in [0.29, 0.717) is 16.7 Å². The topological polar surface area (TPSA) is 103 Å². The molecule has 0 amide bonds. The third kappa shape index (κ3) is 2.56. The molecule has 0 fully saturated rings. The Labute approximate surface area is 126 Å². The van der Waals surface area contributed by atoms with Gasteiger partial charge in [0.1, 0.15) is 11.6 Å². The average molecular weight is 298 g/mol. The summed E-state index contributed by atoms with van der Waals surface area (Å²) in [6, 6.07) is 7.84. The fraction of sp³-hybridized carbons (Fsp3) is 0.188. The van der Waals surface area contributed by atoms with Crippen LogP contribution in [-0.2, 0) is 6.54 Å². The van der Waals surface area contributed by atoms with Crippen LogP contribution in [0.15, 0.2) is 29.1 Å². The lowest BCUT2D eigenvalue weighted by atomic mass is 10.1. The van der Waals surface area contributed by atoms with Crippen LogP contribution in [-0.4, -0.2) is 20.7 Å². The number of aromatic carboxylic acids is 1. The van der Waals surface area contributed by atoms with Gasteiger partial charge in [-0.3, -0.25) is 9.36 Å². The van der Waals surface area contributed by atoms with Crippen molar-refractivity contribution in [2.45, 2.75) is 20.4 Å². The molecule has 2 aromatic rings. The predicted molar refractivity (Wildman–Crippen MR) is 79.1 cm³/mol. The molecule has 0 aliphatic rings. The molecule has 0 saturated heterocycles. The van der Waals surface area contributed by atoms with Crippen LogP contribution in [0.5, 0.6) is 5.88 Å². The third-order valence-electron chi connectivity index (χ3n) is 3.64. The first-order valence-corrected chi connectivity index (χ1v) is 6.52. The number of nitriles is 1. The van der Waals surface area contributed by atoms with Gasteiger partial charge in [0.15, 0.2) is 5.88 Å². The number of pyridine rings is 1. The highest BCUT2D eigenvalue weighted by atomic mass is 16.4.